The Balaban J connectivity index is 2.77. The first-order valence-corrected chi connectivity index (χ1v) is 7.46. The quantitative estimate of drug-likeness (QED) is 0.744. The van der Waals surface area contributed by atoms with Gasteiger partial charge in [0.25, 0.3) is 0 Å². The van der Waals surface area contributed by atoms with Gasteiger partial charge >= 0.3 is 0 Å². The summed E-state index contributed by atoms with van der Waals surface area (Å²) < 4.78 is 2.09. The van der Waals surface area contributed by atoms with Gasteiger partial charge in [-0.05, 0) is 33.3 Å². The van der Waals surface area contributed by atoms with E-state index in [4.69, 9.17) is 18.0 Å². The molecule has 0 unspecified atom stereocenters. The van der Waals surface area contributed by atoms with Crippen molar-refractivity contribution in [3.8, 4) is 0 Å². The topological polar surface area (TPSA) is 47.1 Å². The fraction of sp³-hybridized carbons (Fsp3) is 0.714. The molecule has 2 N–H and O–H groups in total. The average molecular weight is 282 g/mol. The fourth-order valence-corrected chi connectivity index (χ4v) is 2.16. The number of nitrogens with zero attached hydrogens (tertiary/aromatic N) is 3. The van der Waals surface area contributed by atoms with Crippen LogP contribution in [0, 0.1) is 0 Å². The van der Waals surface area contributed by atoms with Crippen LogP contribution >= 0.6 is 12.2 Å². The van der Waals surface area contributed by atoms with E-state index in [1.54, 1.807) is 0 Å². The molecule has 4 nitrogen and oxygen atoms in total. The minimum absolute atomic E-state index is 0.472. The first-order valence-electron chi connectivity index (χ1n) is 7.05. The van der Waals surface area contributed by atoms with Gasteiger partial charge in [0.1, 0.15) is 0 Å². The van der Waals surface area contributed by atoms with Crippen LogP contribution in [0.25, 0.3) is 0 Å². The summed E-state index contributed by atoms with van der Waals surface area (Å²) in [6, 6.07) is 2.68. The lowest BCUT2D eigenvalue weighted by Crippen LogP contribution is -2.34. The van der Waals surface area contributed by atoms with Gasteiger partial charge in [-0.25, -0.2) is 0 Å². The first-order chi connectivity index (χ1) is 8.97. The van der Waals surface area contributed by atoms with Crippen LogP contribution in [0.2, 0.25) is 0 Å². The van der Waals surface area contributed by atoms with Crippen molar-refractivity contribution in [2.75, 3.05) is 6.54 Å². The lowest BCUT2D eigenvalue weighted by Gasteiger charge is -2.26. The number of aromatic nitrogens is 2. The highest BCUT2D eigenvalue weighted by molar-refractivity contribution is 7.80. The third-order valence-electron chi connectivity index (χ3n) is 3.32. The molecule has 0 aliphatic heterocycles. The maximum atomic E-state index is 5.60. The Kier molecular flexibility index (Phi) is 6.45. The van der Waals surface area contributed by atoms with Gasteiger partial charge in [0.15, 0.2) is 0 Å². The molecule has 0 aliphatic carbocycles. The molecule has 0 aromatic carbocycles. The van der Waals surface area contributed by atoms with Crippen molar-refractivity contribution < 1.29 is 0 Å². The highest BCUT2D eigenvalue weighted by atomic mass is 32.1. The van der Waals surface area contributed by atoms with E-state index < -0.39 is 0 Å². The number of aryl methyl sites for hydroxylation is 2. The minimum atomic E-state index is 0.472. The van der Waals surface area contributed by atoms with E-state index in [1.807, 2.05) is 0 Å². The lowest BCUT2D eigenvalue weighted by atomic mass is 10.2. The summed E-state index contributed by atoms with van der Waals surface area (Å²) in [5, 5.41) is 4.59. The monoisotopic (exact) mass is 282 g/mol. The van der Waals surface area contributed by atoms with Crippen LogP contribution in [0.4, 0.5) is 0 Å². The Morgan fingerprint density at radius 2 is 2.16 bits per heavy atom. The molecule has 0 aliphatic rings. The maximum absolute atomic E-state index is 5.60. The molecule has 0 amide bonds. The van der Waals surface area contributed by atoms with E-state index in [2.05, 4.69) is 48.4 Å². The van der Waals surface area contributed by atoms with Crippen molar-refractivity contribution in [3.63, 3.8) is 0 Å². The normalized spacial score (nSPS) is 11.5. The molecule has 0 radical (unpaired) electrons. The highest BCUT2D eigenvalue weighted by Crippen LogP contribution is 2.12. The fourth-order valence-electron chi connectivity index (χ4n) is 2.07. The molecule has 0 saturated heterocycles. The zero-order valence-electron chi connectivity index (χ0n) is 12.5. The summed E-state index contributed by atoms with van der Waals surface area (Å²) in [5.74, 6) is 0. The first kappa shape index (κ1) is 16.1. The molecular formula is C14H26N4S. The lowest BCUT2D eigenvalue weighted by molar-refractivity contribution is 0.213. The van der Waals surface area contributed by atoms with Gasteiger partial charge in [-0.3, -0.25) is 9.58 Å². The van der Waals surface area contributed by atoms with Gasteiger partial charge < -0.3 is 5.73 Å². The molecule has 0 spiro atoms. The van der Waals surface area contributed by atoms with E-state index in [0.29, 0.717) is 11.0 Å². The molecule has 0 atom stereocenters. The van der Waals surface area contributed by atoms with Crippen molar-refractivity contribution in [2.45, 2.75) is 59.7 Å². The second-order valence-electron chi connectivity index (χ2n) is 5.08. The summed E-state index contributed by atoms with van der Waals surface area (Å²) in [6.45, 7) is 11.4. The van der Waals surface area contributed by atoms with Gasteiger partial charge in [0, 0.05) is 32.1 Å². The van der Waals surface area contributed by atoms with Gasteiger partial charge in [0.2, 0.25) is 0 Å². The van der Waals surface area contributed by atoms with E-state index in [-0.39, 0.29) is 0 Å². The third kappa shape index (κ3) is 4.91. The molecular weight excluding hydrogens is 256 g/mol. The van der Waals surface area contributed by atoms with Crippen LogP contribution in [-0.2, 0) is 19.5 Å². The van der Waals surface area contributed by atoms with Crippen molar-refractivity contribution in [3.05, 3.63) is 17.5 Å². The molecule has 19 heavy (non-hydrogen) atoms. The second kappa shape index (κ2) is 7.60. The molecule has 1 aromatic rings. The van der Waals surface area contributed by atoms with Crippen molar-refractivity contribution in [1.82, 2.24) is 14.7 Å². The predicted molar refractivity (Wildman–Crippen MR) is 84.2 cm³/mol. The molecule has 0 bridgehead atoms. The summed E-state index contributed by atoms with van der Waals surface area (Å²) in [7, 11) is 0. The summed E-state index contributed by atoms with van der Waals surface area (Å²) in [5.41, 5.74) is 8.04. The van der Waals surface area contributed by atoms with Crippen molar-refractivity contribution in [1.29, 1.82) is 0 Å². The molecule has 0 saturated carbocycles. The molecule has 1 aromatic heterocycles. The van der Waals surface area contributed by atoms with Gasteiger partial charge in [-0.2, -0.15) is 5.10 Å². The van der Waals surface area contributed by atoms with E-state index in [1.165, 1.54) is 5.69 Å². The Labute approximate surface area is 122 Å². The standard InChI is InChI=1S/C14H26N4S/c1-5-12-9-13(18(6-2)16-12)10-17(11(3)4)8-7-14(15)19/h9,11H,5-8,10H2,1-4H3,(H2,15,19). The van der Waals surface area contributed by atoms with Crippen LogP contribution in [0.1, 0.15) is 45.5 Å². The SMILES string of the molecule is CCc1cc(CN(CCC(N)=S)C(C)C)n(CC)n1. The molecule has 0 fully saturated rings. The number of rotatable bonds is 8. The number of thiocarbonyl (C=S) groups is 1. The third-order valence-corrected chi connectivity index (χ3v) is 3.52. The largest absolute Gasteiger partial charge is 0.393 e. The molecule has 108 valence electrons. The van der Waals surface area contributed by atoms with Crippen LogP contribution in [-0.4, -0.2) is 32.3 Å². The van der Waals surface area contributed by atoms with Crippen LogP contribution in [0.15, 0.2) is 6.07 Å². The zero-order valence-corrected chi connectivity index (χ0v) is 13.3. The van der Waals surface area contributed by atoms with Crippen molar-refractivity contribution in [2.24, 2.45) is 5.73 Å². The van der Waals surface area contributed by atoms with Gasteiger partial charge in [0.05, 0.1) is 16.4 Å². The smallest absolute Gasteiger partial charge is 0.0740 e. The molecule has 5 heteroatoms. The maximum Gasteiger partial charge on any atom is 0.0740 e. The summed E-state index contributed by atoms with van der Waals surface area (Å²) >= 11 is 4.97. The van der Waals surface area contributed by atoms with E-state index >= 15 is 0 Å². The molecule has 1 rings (SSSR count). The van der Waals surface area contributed by atoms with Crippen LogP contribution in [0.5, 0.6) is 0 Å². The Morgan fingerprint density at radius 1 is 1.47 bits per heavy atom. The summed E-state index contributed by atoms with van der Waals surface area (Å²) in [4.78, 5) is 2.98. The second-order valence-corrected chi connectivity index (χ2v) is 5.60. The number of nitrogens with two attached hydrogens (primary N) is 1. The van der Waals surface area contributed by atoms with Crippen LogP contribution < -0.4 is 5.73 Å². The van der Waals surface area contributed by atoms with Crippen molar-refractivity contribution >= 4 is 17.2 Å². The van der Waals surface area contributed by atoms with Gasteiger partial charge in [-0.1, -0.05) is 19.1 Å². The summed E-state index contributed by atoms with van der Waals surface area (Å²) in [6.07, 6.45) is 1.75. The number of hydrogen-bond donors (Lipinski definition) is 1. The van der Waals surface area contributed by atoms with Gasteiger partial charge in [-0.15, -0.1) is 0 Å². The average Bonchev–Trinajstić information content (AvgIpc) is 2.76. The zero-order chi connectivity index (χ0) is 14.4. The number of hydrogen-bond acceptors (Lipinski definition) is 3. The Bertz CT molecular complexity index is 412. The minimum Gasteiger partial charge on any atom is -0.393 e. The molecule has 1 heterocycles. The van der Waals surface area contributed by atoms with E-state index in [0.717, 1.165) is 38.2 Å². The predicted octanol–water partition coefficient (Wildman–Crippen LogP) is 2.35. The Morgan fingerprint density at radius 3 is 2.63 bits per heavy atom. The van der Waals surface area contributed by atoms with E-state index in [9.17, 15) is 0 Å². The Hall–Kier alpha value is -0.940. The van der Waals surface area contributed by atoms with Crippen LogP contribution in [0.3, 0.4) is 0 Å². The highest BCUT2D eigenvalue weighted by Gasteiger charge is 2.14.